The van der Waals surface area contributed by atoms with Gasteiger partial charge in [-0.05, 0) is 19.1 Å². The van der Waals surface area contributed by atoms with E-state index in [1.54, 1.807) is 25.1 Å². The predicted octanol–water partition coefficient (Wildman–Crippen LogP) is 1.83. The number of hydrogen-bond donors (Lipinski definition) is 2. The Morgan fingerprint density at radius 2 is 2.29 bits per heavy atom. The molecule has 0 aliphatic rings. The Hall–Kier alpha value is -1.03. The topological polar surface area (TPSA) is 49.3 Å². The third-order valence-corrected chi connectivity index (χ3v) is 2.33. The third kappa shape index (κ3) is 2.48. The van der Waals surface area contributed by atoms with E-state index in [2.05, 4.69) is 21.2 Å². The molecule has 0 fully saturated rings. The Kier molecular flexibility index (Phi) is 3.95. The molecule has 76 valence electrons. The van der Waals surface area contributed by atoms with Gasteiger partial charge in [0.25, 0.3) is 5.91 Å². The summed E-state index contributed by atoms with van der Waals surface area (Å²) in [4.78, 5) is 11.5. The normalized spacial score (nSPS) is 9.86. The summed E-state index contributed by atoms with van der Waals surface area (Å²) in [5.74, 6) is -0.00524. The van der Waals surface area contributed by atoms with Crippen molar-refractivity contribution in [3.05, 3.63) is 29.3 Å². The van der Waals surface area contributed by atoms with Crippen molar-refractivity contribution in [2.75, 3.05) is 11.9 Å². The van der Waals surface area contributed by atoms with Crippen molar-refractivity contribution in [3.8, 4) is 5.75 Å². The van der Waals surface area contributed by atoms with Crippen LogP contribution in [0.1, 0.15) is 15.9 Å². The first-order chi connectivity index (χ1) is 6.66. The number of rotatable bonds is 3. The van der Waals surface area contributed by atoms with Crippen LogP contribution in [0.25, 0.3) is 0 Å². The Morgan fingerprint density at radius 1 is 1.57 bits per heavy atom. The Morgan fingerprint density at radius 3 is 2.93 bits per heavy atom. The number of benzene rings is 1. The predicted molar refractivity (Wildman–Crippen MR) is 59.0 cm³/mol. The number of alkyl halides is 1. The minimum atomic E-state index is -0.155. The molecule has 0 bridgehead atoms. The number of phenolic OH excluding ortho intramolecular Hbond substituents is 1. The molecule has 1 aromatic rings. The van der Waals surface area contributed by atoms with Crippen molar-refractivity contribution in [1.82, 2.24) is 5.32 Å². The first-order valence-corrected chi connectivity index (χ1v) is 5.41. The summed E-state index contributed by atoms with van der Waals surface area (Å²) in [6.07, 6.45) is 0. The molecule has 0 aromatic heterocycles. The SMILES string of the molecule is Cc1c(O)cccc1C(=O)NCCBr. The van der Waals surface area contributed by atoms with Crippen molar-refractivity contribution in [3.63, 3.8) is 0 Å². The number of phenols is 1. The molecular formula is C10H12BrNO2. The lowest BCUT2D eigenvalue weighted by molar-refractivity contribution is 0.0955. The number of amides is 1. The van der Waals surface area contributed by atoms with E-state index in [1.807, 2.05) is 0 Å². The smallest absolute Gasteiger partial charge is 0.251 e. The summed E-state index contributed by atoms with van der Waals surface area (Å²) in [5, 5.41) is 12.8. The van der Waals surface area contributed by atoms with Gasteiger partial charge in [0.1, 0.15) is 5.75 Å². The van der Waals surface area contributed by atoms with Crippen LogP contribution in [0.15, 0.2) is 18.2 Å². The highest BCUT2D eigenvalue weighted by Gasteiger charge is 2.09. The van der Waals surface area contributed by atoms with Gasteiger partial charge in [-0.3, -0.25) is 4.79 Å². The van der Waals surface area contributed by atoms with Crippen LogP contribution < -0.4 is 5.32 Å². The first kappa shape index (κ1) is 11.0. The molecule has 14 heavy (non-hydrogen) atoms. The first-order valence-electron chi connectivity index (χ1n) is 4.29. The van der Waals surface area contributed by atoms with Crippen LogP contribution in [0.5, 0.6) is 5.75 Å². The maximum absolute atomic E-state index is 11.5. The molecule has 3 nitrogen and oxygen atoms in total. The fraction of sp³-hybridized carbons (Fsp3) is 0.300. The van der Waals surface area contributed by atoms with Crippen LogP contribution in [-0.4, -0.2) is 22.9 Å². The second-order valence-corrected chi connectivity index (χ2v) is 3.69. The van der Waals surface area contributed by atoms with E-state index >= 15 is 0 Å². The van der Waals surface area contributed by atoms with Crippen molar-refractivity contribution in [2.45, 2.75) is 6.92 Å². The Labute approximate surface area is 91.3 Å². The number of hydrogen-bond acceptors (Lipinski definition) is 2. The molecule has 2 N–H and O–H groups in total. The number of carbonyl (C=O) groups excluding carboxylic acids is 1. The fourth-order valence-corrected chi connectivity index (χ4v) is 1.32. The molecule has 0 saturated carbocycles. The number of halogens is 1. The molecule has 0 spiro atoms. The van der Waals surface area contributed by atoms with Crippen LogP contribution in [0.2, 0.25) is 0 Å². The minimum Gasteiger partial charge on any atom is -0.508 e. The van der Waals surface area contributed by atoms with E-state index in [-0.39, 0.29) is 11.7 Å². The van der Waals surface area contributed by atoms with E-state index in [0.717, 1.165) is 5.33 Å². The lowest BCUT2D eigenvalue weighted by Crippen LogP contribution is -2.25. The molecule has 0 radical (unpaired) electrons. The molecule has 0 unspecified atom stereocenters. The highest BCUT2D eigenvalue weighted by molar-refractivity contribution is 9.09. The van der Waals surface area contributed by atoms with Crippen LogP contribution >= 0.6 is 15.9 Å². The monoisotopic (exact) mass is 257 g/mol. The van der Waals surface area contributed by atoms with Gasteiger partial charge in [-0.2, -0.15) is 0 Å². The van der Waals surface area contributed by atoms with Crippen molar-refractivity contribution < 1.29 is 9.90 Å². The lowest BCUT2D eigenvalue weighted by atomic mass is 10.1. The van der Waals surface area contributed by atoms with Gasteiger partial charge < -0.3 is 10.4 Å². The zero-order chi connectivity index (χ0) is 10.6. The molecule has 0 saturated heterocycles. The fourth-order valence-electron chi connectivity index (χ4n) is 1.13. The van der Waals surface area contributed by atoms with Crippen molar-refractivity contribution in [1.29, 1.82) is 0 Å². The van der Waals surface area contributed by atoms with Gasteiger partial charge >= 0.3 is 0 Å². The second kappa shape index (κ2) is 5.00. The second-order valence-electron chi connectivity index (χ2n) is 2.89. The summed E-state index contributed by atoms with van der Waals surface area (Å²) in [6.45, 7) is 2.30. The molecule has 4 heteroatoms. The van der Waals surface area contributed by atoms with Gasteiger partial charge in [-0.25, -0.2) is 0 Å². The van der Waals surface area contributed by atoms with Crippen LogP contribution in [-0.2, 0) is 0 Å². The molecule has 0 atom stereocenters. The maximum atomic E-state index is 11.5. The summed E-state index contributed by atoms with van der Waals surface area (Å²) >= 11 is 3.22. The average molecular weight is 258 g/mol. The van der Waals surface area contributed by atoms with E-state index in [1.165, 1.54) is 0 Å². The third-order valence-electron chi connectivity index (χ3n) is 1.93. The van der Waals surface area contributed by atoms with Crippen molar-refractivity contribution in [2.24, 2.45) is 0 Å². The van der Waals surface area contributed by atoms with Gasteiger partial charge in [0.05, 0.1) is 0 Å². The van der Waals surface area contributed by atoms with Gasteiger partial charge in [0.2, 0.25) is 0 Å². The quantitative estimate of drug-likeness (QED) is 0.812. The van der Waals surface area contributed by atoms with Gasteiger partial charge in [0.15, 0.2) is 0 Å². The lowest BCUT2D eigenvalue weighted by Gasteiger charge is -2.07. The minimum absolute atomic E-state index is 0.150. The Balaban J connectivity index is 2.84. The molecule has 1 rings (SSSR count). The molecule has 0 aliphatic heterocycles. The van der Waals surface area contributed by atoms with Gasteiger partial charge in [0, 0.05) is 23.0 Å². The average Bonchev–Trinajstić information content (AvgIpc) is 2.18. The zero-order valence-electron chi connectivity index (χ0n) is 7.88. The molecule has 1 aromatic carbocycles. The van der Waals surface area contributed by atoms with Crippen LogP contribution in [0, 0.1) is 6.92 Å². The van der Waals surface area contributed by atoms with E-state index < -0.39 is 0 Å². The van der Waals surface area contributed by atoms with E-state index in [9.17, 15) is 9.90 Å². The summed E-state index contributed by atoms with van der Waals surface area (Å²) in [6, 6.07) is 4.92. The van der Waals surface area contributed by atoms with Gasteiger partial charge in [-0.15, -0.1) is 0 Å². The highest BCUT2D eigenvalue weighted by atomic mass is 79.9. The molecule has 0 heterocycles. The number of nitrogens with one attached hydrogen (secondary N) is 1. The number of aromatic hydroxyl groups is 1. The summed E-state index contributed by atoms with van der Waals surface area (Å²) in [7, 11) is 0. The van der Waals surface area contributed by atoms with E-state index in [4.69, 9.17) is 0 Å². The summed E-state index contributed by atoms with van der Waals surface area (Å²) < 4.78 is 0. The molecule has 1 amide bonds. The van der Waals surface area contributed by atoms with Gasteiger partial charge in [-0.1, -0.05) is 22.0 Å². The van der Waals surface area contributed by atoms with E-state index in [0.29, 0.717) is 17.7 Å². The van der Waals surface area contributed by atoms with Crippen molar-refractivity contribution >= 4 is 21.8 Å². The van der Waals surface area contributed by atoms with Crippen LogP contribution in [0.3, 0.4) is 0 Å². The van der Waals surface area contributed by atoms with Crippen LogP contribution in [0.4, 0.5) is 0 Å². The largest absolute Gasteiger partial charge is 0.508 e. The number of carbonyl (C=O) groups is 1. The molecular weight excluding hydrogens is 246 g/mol. The Bertz CT molecular complexity index is 339. The maximum Gasteiger partial charge on any atom is 0.251 e. The standard InChI is InChI=1S/C10H12BrNO2/c1-7-8(3-2-4-9(7)13)10(14)12-6-5-11/h2-4,13H,5-6H2,1H3,(H,12,14). The highest BCUT2D eigenvalue weighted by Crippen LogP contribution is 2.19. The molecule has 0 aliphatic carbocycles. The zero-order valence-corrected chi connectivity index (χ0v) is 9.47. The summed E-state index contributed by atoms with van der Waals surface area (Å²) in [5.41, 5.74) is 1.13.